The van der Waals surface area contributed by atoms with Crippen LogP contribution in [-0.2, 0) is 6.54 Å². The van der Waals surface area contributed by atoms with Crippen LogP contribution in [0.2, 0.25) is 0 Å². The number of benzene rings is 1. The van der Waals surface area contributed by atoms with Crippen LogP contribution in [0, 0.1) is 18.3 Å². The van der Waals surface area contributed by atoms with Crippen LogP contribution in [0.3, 0.4) is 0 Å². The predicted molar refractivity (Wildman–Crippen MR) is 126 cm³/mol. The van der Waals surface area contributed by atoms with E-state index in [1.807, 2.05) is 43.5 Å². The molecule has 0 saturated carbocycles. The SMILES string of the molecule is Cc1cc(-c2ccc3nc(-c4ccc(C#N)cc4)c(CN4CCN(C)CC4)n3c2)ccn1. The lowest BCUT2D eigenvalue weighted by Crippen LogP contribution is -2.44. The normalized spacial score (nSPS) is 15.2. The molecule has 0 unspecified atom stereocenters. The highest BCUT2D eigenvalue weighted by atomic mass is 15.3. The van der Waals surface area contributed by atoms with Gasteiger partial charge in [-0.1, -0.05) is 12.1 Å². The predicted octanol–water partition coefficient (Wildman–Crippen LogP) is 3.99. The zero-order valence-corrected chi connectivity index (χ0v) is 18.5. The second kappa shape index (κ2) is 8.54. The Morgan fingerprint density at radius 2 is 1.69 bits per heavy atom. The second-order valence-corrected chi connectivity index (χ2v) is 8.51. The quantitative estimate of drug-likeness (QED) is 0.498. The Bertz CT molecular complexity index is 1290. The summed E-state index contributed by atoms with van der Waals surface area (Å²) in [6, 6.07) is 18.3. The summed E-state index contributed by atoms with van der Waals surface area (Å²) >= 11 is 0. The van der Waals surface area contributed by atoms with Crippen molar-refractivity contribution in [1.29, 1.82) is 5.26 Å². The molecular weight excluding hydrogens is 396 g/mol. The van der Waals surface area contributed by atoms with Crippen molar-refractivity contribution >= 4 is 5.65 Å². The summed E-state index contributed by atoms with van der Waals surface area (Å²) in [6.07, 6.45) is 4.05. The molecule has 0 aliphatic carbocycles. The number of hydrogen-bond donors (Lipinski definition) is 0. The van der Waals surface area contributed by atoms with Crippen LogP contribution < -0.4 is 0 Å². The number of pyridine rings is 2. The molecule has 0 N–H and O–H groups in total. The van der Waals surface area contributed by atoms with E-state index in [1.54, 1.807) is 0 Å². The van der Waals surface area contributed by atoms with Gasteiger partial charge >= 0.3 is 0 Å². The van der Waals surface area contributed by atoms with Crippen LogP contribution in [0.25, 0.3) is 28.0 Å². The summed E-state index contributed by atoms with van der Waals surface area (Å²) in [5.74, 6) is 0. The fraction of sp³-hybridized carbons (Fsp3) is 0.269. The molecule has 6 nitrogen and oxygen atoms in total. The van der Waals surface area contributed by atoms with Crippen LogP contribution in [0.1, 0.15) is 17.0 Å². The van der Waals surface area contributed by atoms with Crippen molar-refractivity contribution in [3.63, 3.8) is 0 Å². The maximum Gasteiger partial charge on any atom is 0.137 e. The van der Waals surface area contributed by atoms with Gasteiger partial charge in [0.2, 0.25) is 0 Å². The first kappa shape index (κ1) is 20.4. The van der Waals surface area contributed by atoms with E-state index < -0.39 is 0 Å². The molecule has 1 aliphatic heterocycles. The summed E-state index contributed by atoms with van der Waals surface area (Å²) in [5, 5.41) is 9.18. The van der Waals surface area contributed by atoms with Gasteiger partial charge in [-0.3, -0.25) is 9.88 Å². The lowest BCUT2D eigenvalue weighted by Gasteiger charge is -2.32. The summed E-state index contributed by atoms with van der Waals surface area (Å²) in [4.78, 5) is 14.2. The van der Waals surface area contributed by atoms with Gasteiger partial charge in [-0.25, -0.2) is 4.98 Å². The van der Waals surface area contributed by atoms with Crippen molar-refractivity contribution in [3.05, 3.63) is 77.9 Å². The molecular formula is C26H26N6. The van der Waals surface area contributed by atoms with Crippen molar-refractivity contribution in [1.82, 2.24) is 24.2 Å². The van der Waals surface area contributed by atoms with Gasteiger partial charge in [0.05, 0.1) is 23.0 Å². The standard InChI is InChI=1S/C26H26N6/c1-19-15-22(9-10-28-19)23-7-8-25-29-26(21-5-3-20(16-27)4-6-21)24(32(25)17-23)18-31-13-11-30(2)12-14-31/h3-10,15,17H,11-14,18H2,1-2H3. The lowest BCUT2D eigenvalue weighted by atomic mass is 10.1. The minimum atomic E-state index is 0.661. The Balaban J connectivity index is 1.61. The molecule has 3 aromatic heterocycles. The van der Waals surface area contributed by atoms with Crippen LogP contribution in [0.15, 0.2) is 60.9 Å². The fourth-order valence-corrected chi connectivity index (χ4v) is 4.29. The summed E-state index contributed by atoms with van der Waals surface area (Å²) < 4.78 is 2.23. The molecule has 5 rings (SSSR count). The average Bonchev–Trinajstić information content (AvgIpc) is 3.18. The van der Waals surface area contributed by atoms with Crippen molar-refractivity contribution in [2.75, 3.05) is 33.2 Å². The monoisotopic (exact) mass is 422 g/mol. The van der Waals surface area contributed by atoms with Gasteiger partial charge in [0.15, 0.2) is 0 Å². The summed E-state index contributed by atoms with van der Waals surface area (Å²) in [6.45, 7) is 7.08. The van der Waals surface area contributed by atoms with E-state index in [2.05, 4.69) is 56.7 Å². The third-order valence-corrected chi connectivity index (χ3v) is 6.20. The molecule has 0 atom stereocenters. The zero-order chi connectivity index (χ0) is 22.1. The molecule has 32 heavy (non-hydrogen) atoms. The summed E-state index contributed by atoms with van der Waals surface area (Å²) in [7, 11) is 2.18. The first-order valence-electron chi connectivity index (χ1n) is 11.0. The second-order valence-electron chi connectivity index (χ2n) is 8.51. The highest BCUT2D eigenvalue weighted by molar-refractivity contribution is 5.70. The number of fused-ring (bicyclic) bond motifs is 1. The van der Waals surface area contributed by atoms with E-state index >= 15 is 0 Å². The van der Waals surface area contributed by atoms with E-state index in [0.29, 0.717) is 5.56 Å². The molecule has 6 heteroatoms. The van der Waals surface area contributed by atoms with Gasteiger partial charge in [-0.2, -0.15) is 5.26 Å². The van der Waals surface area contributed by atoms with E-state index in [4.69, 9.17) is 4.98 Å². The zero-order valence-electron chi connectivity index (χ0n) is 18.5. The molecule has 0 spiro atoms. The van der Waals surface area contributed by atoms with Crippen LogP contribution in [0.5, 0.6) is 0 Å². The van der Waals surface area contributed by atoms with Crippen molar-refractivity contribution in [2.45, 2.75) is 13.5 Å². The highest BCUT2D eigenvalue weighted by Gasteiger charge is 2.20. The third-order valence-electron chi connectivity index (χ3n) is 6.20. The summed E-state index contributed by atoms with van der Waals surface area (Å²) in [5.41, 5.74) is 8.10. The molecule has 0 radical (unpaired) electrons. The number of aryl methyl sites for hydroxylation is 1. The van der Waals surface area contributed by atoms with Crippen LogP contribution in [-0.4, -0.2) is 57.4 Å². The first-order valence-corrected chi connectivity index (χ1v) is 11.0. The van der Waals surface area contributed by atoms with Gasteiger partial charge in [0.1, 0.15) is 5.65 Å². The Kier molecular flexibility index (Phi) is 5.44. The molecule has 0 bridgehead atoms. The van der Waals surface area contributed by atoms with Crippen LogP contribution >= 0.6 is 0 Å². The number of piperazine rings is 1. The van der Waals surface area contributed by atoms with Gasteiger partial charge in [0.25, 0.3) is 0 Å². The van der Waals surface area contributed by atoms with Gasteiger partial charge in [-0.05, 0) is 61.5 Å². The number of nitrogens with zero attached hydrogens (tertiary/aromatic N) is 6. The number of likely N-dealkylation sites (N-methyl/N-ethyl adjacent to an activating group) is 1. The van der Waals surface area contributed by atoms with E-state index in [1.165, 1.54) is 5.69 Å². The van der Waals surface area contributed by atoms with E-state index in [-0.39, 0.29) is 0 Å². The van der Waals surface area contributed by atoms with Gasteiger partial charge < -0.3 is 9.30 Å². The topological polar surface area (TPSA) is 60.5 Å². The largest absolute Gasteiger partial charge is 0.304 e. The number of aromatic nitrogens is 3. The Hall–Kier alpha value is -3.53. The number of imidazole rings is 1. The van der Waals surface area contributed by atoms with Gasteiger partial charge in [-0.15, -0.1) is 0 Å². The Morgan fingerprint density at radius 1 is 0.938 bits per heavy atom. The molecule has 1 aromatic carbocycles. The maximum absolute atomic E-state index is 9.18. The first-order chi connectivity index (χ1) is 15.6. The molecule has 1 aliphatic rings. The molecule has 160 valence electrons. The van der Waals surface area contributed by atoms with Crippen LogP contribution in [0.4, 0.5) is 0 Å². The average molecular weight is 423 g/mol. The minimum absolute atomic E-state index is 0.661. The third kappa shape index (κ3) is 4.01. The van der Waals surface area contributed by atoms with E-state index in [9.17, 15) is 5.26 Å². The van der Waals surface area contributed by atoms with Crippen molar-refractivity contribution in [2.24, 2.45) is 0 Å². The smallest absolute Gasteiger partial charge is 0.137 e. The molecule has 0 amide bonds. The van der Waals surface area contributed by atoms with E-state index in [0.717, 1.165) is 66.4 Å². The number of nitriles is 1. The maximum atomic E-state index is 9.18. The lowest BCUT2D eigenvalue weighted by molar-refractivity contribution is 0.147. The minimum Gasteiger partial charge on any atom is -0.304 e. The molecule has 1 fully saturated rings. The van der Waals surface area contributed by atoms with Crippen molar-refractivity contribution < 1.29 is 0 Å². The molecule has 4 heterocycles. The molecule has 1 saturated heterocycles. The Labute approximate surface area is 188 Å². The number of rotatable bonds is 4. The highest BCUT2D eigenvalue weighted by Crippen LogP contribution is 2.29. The van der Waals surface area contributed by atoms with Gasteiger partial charge in [0, 0.05) is 56.4 Å². The molecule has 4 aromatic rings. The van der Waals surface area contributed by atoms with Crippen molar-refractivity contribution in [3.8, 4) is 28.5 Å². The fourth-order valence-electron chi connectivity index (χ4n) is 4.29. The number of hydrogen-bond acceptors (Lipinski definition) is 5. The Morgan fingerprint density at radius 3 is 2.41 bits per heavy atom.